The van der Waals surface area contributed by atoms with Crippen molar-refractivity contribution in [3.05, 3.63) is 87.3 Å². The molecular weight excluding hydrogens is 486 g/mol. The quantitative estimate of drug-likeness (QED) is 0.414. The molecule has 3 aromatic carbocycles. The van der Waals surface area contributed by atoms with Crippen LogP contribution in [0.25, 0.3) is 6.08 Å². The summed E-state index contributed by atoms with van der Waals surface area (Å²) in [4.78, 5) is 17.4. The number of nitrogens with zero attached hydrogens (tertiary/aromatic N) is 2. The molecule has 7 nitrogen and oxygen atoms in total. The van der Waals surface area contributed by atoms with Gasteiger partial charge in [-0.3, -0.25) is 4.79 Å². The lowest BCUT2D eigenvalue weighted by molar-refractivity contribution is -0.115. The number of carbonyl (C=O) groups is 1. The van der Waals surface area contributed by atoms with Gasteiger partial charge in [-0.05, 0) is 65.9 Å². The van der Waals surface area contributed by atoms with Crippen LogP contribution < -0.4 is 19.5 Å². The minimum Gasteiger partial charge on any atom is -0.497 e. The Bertz CT molecular complexity index is 1360. The number of hydrogen-bond donors (Lipinski definition) is 1. The minimum absolute atomic E-state index is 0.156. The standard InChI is InChI=1S/C26H20ClN3O4S/c1-32-20-9-7-19(8-10-20)29-26-30-25(31)23(35-26)13-16-11-21(27)24(22(12-16)33-2)34-15-18-6-4-3-5-17(18)14-28/h3-13H,15H2,1-2H3,(H,29,30,31)/b23-13+. The highest BCUT2D eigenvalue weighted by atomic mass is 35.5. The lowest BCUT2D eigenvalue weighted by atomic mass is 10.1. The lowest BCUT2D eigenvalue weighted by Gasteiger charge is -2.14. The van der Waals surface area contributed by atoms with Crippen molar-refractivity contribution in [2.75, 3.05) is 14.2 Å². The number of hydrogen-bond acceptors (Lipinski definition) is 7. The van der Waals surface area contributed by atoms with E-state index in [1.165, 1.54) is 18.9 Å². The Morgan fingerprint density at radius 2 is 1.89 bits per heavy atom. The van der Waals surface area contributed by atoms with Crippen LogP contribution in [0.15, 0.2) is 70.6 Å². The molecule has 0 atom stereocenters. The molecule has 1 fully saturated rings. The third kappa shape index (κ3) is 5.77. The summed E-state index contributed by atoms with van der Waals surface area (Å²) in [6.45, 7) is 0.156. The molecule has 1 aliphatic heterocycles. The van der Waals surface area contributed by atoms with Crippen molar-refractivity contribution in [2.45, 2.75) is 6.61 Å². The number of methoxy groups -OCH3 is 2. The van der Waals surface area contributed by atoms with Gasteiger partial charge in [-0.15, -0.1) is 0 Å². The van der Waals surface area contributed by atoms with Crippen LogP contribution in [0.2, 0.25) is 5.02 Å². The number of aliphatic imine (C=N–C) groups is 1. The van der Waals surface area contributed by atoms with E-state index in [2.05, 4.69) is 16.4 Å². The van der Waals surface area contributed by atoms with Crippen LogP contribution >= 0.6 is 23.4 Å². The molecule has 0 unspecified atom stereocenters. The van der Waals surface area contributed by atoms with E-state index in [0.717, 1.165) is 11.3 Å². The number of rotatable bonds is 7. The number of amides is 1. The fourth-order valence-corrected chi connectivity index (χ4v) is 4.39. The monoisotopic (exact) mass is 505 g/mol. The maximum absolute atomic E-state index is 12.5. The van der Waals surface area contributed by atoms with Crippen molar-refractivity contribution in [3.8, 4) is 23.3 Å². The smallest absolute Gasteiger partial charge is 0.264 e. The van der Waals surface area contributed by atoms with Crippen molar-refractivity contribution in [1.29, 1.82) is 5.26 Å². The summed E-state index contributed by atoms with van der Waals surface area (Å²) in [5.41, 5.74) is 2.63. The highest BCUT2D eigenvalue weighted by Gasteiger charge is 2.24. The number of carbonyl (C=O) groups excluding carboxylic acids is 1. The van der Waals surface area contributed by atoms with Gasteiger partial charge < -0.3 is 19.5 Å². The van der Waals surface area contributed by atoms with Crippen molar-refractivity contribution in [1.82, 2.24) is 5.32 Å². The third-order valence-corrected chi connectivity index (χ3v) is 6.20. The Morgan fingerprint density at radius 3 is 2.60 bits per heavy atom. The van der Waals surface area contributed by atoms with Gasteiger partial charge in [0.15, 0.2) is 16.7 Å². The van der Waals surface area contributed by atoms with E-state index in [1.807, 2.05) is 12.1 Å². The van der Waals surface area contributed by atoms with E-state index in [9.17, 15) is 10.1 Å². The first-order valence-corrected chi connectivity index (χ1v) is 11.6. The number of ether oxygens (including phenoxy) is 3. The molecule has 1 N–H and O–H groups in total. The first kappa shape index (κ1) is 24.2. The maximum Gasteiger partial charge on any atom is 0.264 e. The number of thioether (sulfide) groups is 1. The van der Waals surface area contributed by atoms with E-state index < -0.39 is 0 Å². The van der Waals surface area contributed by atoms with Crippen LogP contribution in [0, 0.1) is 11.3 Å². The summed E-state index contributed by atoms with van der Waals surface area (Å²) in [6.07, 6.45) is 1.71. The van der Waals surface area contributed by atoms with Gasteiger partial charge in [0.1, 0.15) is 12.4 Å². The molecule has 0 aromatic heterocycles. The average molecular weight is 506 g/mol. The second-order valence-corrected chi connectivity index (χ2v) is 8.71. The zero-order chi connectivity index (χ0) is 24.8. The van der Waals surface area contributed by atoms with Gasteiger partial charge in [-0.1, -0.05) is 29.8 Å². The zero-order valence-corrected chi connectivity index (χ0v) is 20.4. The van der Waals surface area contributed by atoms with Crippen molar-refractivity contribution < 1.29 is 19.0 Å². The summed E-state index contributed by atoms with van der Waals surface area (Å²) >= 11 is 7.72. The number of halogens is 1. The predicted molar refractivity (Wildman–Crippen MR) is 137 cm³/mol. The average Bonchev–Trinajstić information content (AvgIpc) is 3.21. The number of nitriles is 1. The second-order valence-electron chi connectivity index (χ2n) is 7.27. The fourth-order valence-electron chi connectivity index (χ4n) is 3.27. The molecule has 176 valence electrons. The molecule has 0 aliphatic carbocycles. The van der Waals surface area contributed by atoms with Crippen LogP contribution in [0.4, 0.5) is 5.69 Å². The molecule has 4 rings (SSSR count). The molecule has 35 heavy (non-hydrogen) atoms. The van der Waals surface area contributed by atoms with Gasteiger partial charge in [-0.2, -0.15) is 5.26 Å². The van der Waals surface area contributed by atoms with Crippen LogP contribution in [0.3, 0.4) is 0 Å². The highest BCUT2D eigenvalue weighted by Crippen LogP contribution is 2.38. The maximum atomic E-state index is 12.5. The zero-order valence-electron chi connectivity index (χ0n) is 18.9. The first-order chi connectivity index (χ1) is 17.0. The number of amidine groups is 1. The molecule has 1 amide bonds. The Kier molecular flexibility index (Phi) is 7.60. The van der Waals surface area contributed by atoms with Crippen molar-refractivity contribution >= 4 is 46.2 Å². The first-order valence-electron chi connectivity index (χ1n) is 10.4. The van der Waals surface area contributed by atoms with E-state index in [-0.39, 0.29) is 12.5 Å². The Morgan fingerprint density at radius 1 is 1.11 bits per heavy atom. The molecule has 9 heteroatoms. The SMILES string of the molecule is COc1ccc(N=C2NC(=O)/C(=C\c3cc(Cl)c(OCc4ccccc4C#N)c(OC)c3)S2)cc1. The molecule has 0 bridgehead atoms. The van der Waals surface area contributed by atoms with E-state index in [1.54, 1.807) is 61.7 Å². The molecule has 1 aliphatic rings. The van der Waals surface area contributed by atoms with Gasteiger partial charge in [0.2, 0.25) is 0 Å². The van der Waals surface area contributed by atoms with Gasteiger partial charge in [0, 0.05) is 5.56 Å². The largest absolute Gasteiger partial charge is 0.497 e. The summed E-state index contributed by atoms with van der Waals surface area (Å²) in [5.74, 6) is 1.24. The molecule has 0 spiro atoms. The molecule has 0 saturated carbocycles. The topological polar surface area (TPSA) is 92.9 Å². The van der Waals surface area contributed by atoms with E-state index in [4.69, 9.17) is 25.8 Å². The van der Waals surface area contributed by atoms with Gasteiger partial charge in [-0.25, -0.2) is 4.99 Å². The predicted octanol–water partition coefficient (Wildman–Crippen LogP) is 5.70. The molecule has 1 heterocycles. The highest BCUT2D eigenvalue weighted by molar-refractivity contribution is 8.18. The summed E-state index contributed by atoms with van der Waals surface area (Å²) in [6, 6.07) is 20.0. The van der Waals surface area contributed by atoms with Crippen LogP contribution in [0.5, 0.6) is 17.2 Å². The van der Waals surface area contributed by atoms with Gasteiger partial charge in [0.25, 0.3) is 5.91 Å². The molecular formula is C26H20ClN3O4S. The van der Waals surface area contributed by atoms with Crippen LogP contribution in [-0.4, -0.2) is 25.3 Å². The van der Waals surface area contributed by atoms with E-state index in [0.29, 0.717) is 43.4 Å². The third-order valence-electron chi connectivity index (χ3n) is 5.01. The lowest BCUT2D eigenvalue weighted by Crippen LogP contribution is -2.19. The Labute approximate surface area is 212 Å². The summed E-state index contributed by atoms with van der Waals surface area (Å²) in [5, 5.41) is 12.8. The Hall–Kier alpha value is -3.93. The van der Waals surface area contributed by atoms with Gasteiger partial charge >= 0.3 is 0 Å². The molecule has 0 radical (unpaired) electrons. The fraction of sp³-hybridized carbons (Fsp3) is 0.115. The summed E-state index contributed by atoms with van der Waals surface area (Å²) < 4.78 is 16.5. The summed E-state index contributed by atoms with van der Waals surface area (Å²) in [7, 11) is 3.11. The molecule has 3 aromatic rings. The van der Waals surface area contributed by atoms with Crippen LogP contribution in [0.1, 0.15) is 16.7 Å². The number of nitrogens with one attached hydrogen (secondary N) is 1. The van der Waals surface area contributed by atoms with Gasteiger partial charge in [0.05, 0.1) is 41.5 Å². The normalized spacial score (nSPS) is 15.1. The van der Waals surface area contributed by atoms with E-state index >= 15 is 0 Å². The molecule has 1 saturated heterocycles. The number of benzene rings is 3. The minimum atomic E-state index is -0.259. The van der Waals surface area contributed by atoms with Crippen molar-refractivity contribution in [2.24, 2.45) is 4.99 Å². The second kappa shape index (κ2) is 11.0. The van der Waals surface area contributed by atoms with Crippen molar-refractivity contribution in [3.63, 3.8) is 0 Å². The van der Waals surface area contributed by atoms with Crippen LogP contribution in [-0.2, 0) is 11.4 Å². The Balaban J connectivity index is 1.53.